The van der Waals surface area contributed by atoms with Crippen LogP contribution < -0.4 is 10.6 Å². The number of hydrogen-bond acceptors (Lipinski definition) is 3. The van der Waals surface area contributed by atoms with E-state index in [1.54, 1.807) is 7.11 Å². The number of rotatable bonds is 9. The van der Waals surface area contributed by atoms with Gasteiger partial charge in [-0.25, -0.2) is 0 Å². The molecular formula is C13H20Cl2N2O. The molecule has 0 unspecified atom stereocenters. The molecule has 18 heavy (non-hydrogen) atoms. The van der Waals surface area contributed by atoms with Gasteiger partial charge >= 0.3 is 0 Å². The molecule has 1 aromatic rings. The molecule has 0 aliphatic rings. The first kappa shape index (κ1) is 15.7. The molecule has 0 fully saturated rings. The van der Waals surface area contributed by atoms with Crippen LogP contribution >= 0.6 is 23.2 Å². The third-order valence-electron chi connectivity index (χ3n) is 2.54. The number of nitrogens with one attached hydrogen (secondary N) is 2. The van der Waals surface area contributed by atoms with Gasteiger partial charge in [-0.3, -0.25) is 0 Å². The van der Waals surface area contributed by atoms with Crippen molar-refractivity contribution in [3.8, 4) is 0 Å². The summed E-state index contributed by atoms with van der Waals surface area (Å²) in [6.07, 6.45) is 0.953. The van der Waals surface area contributed by atoms with E-state index >= 15 is 0 Å². The van der Waals surface area contributed by atoms with Crippen molar-refractivity contribution in [1.82, 2.24) is 10.6 Å². The zero-order valence-electron chi connectivity index (χ0n) is 10.6. The molecule has 3 nitrogen and oxygen atoms in total. The molecule has 0 radical (unpaired) electrons. The Hall–Kier alpha value is -0.320. The second-order valence-electron chi connectivity index (χ2n) is 3.99. The predicted octanol–water partition coefficient (Wildman–Crippen LogP) is 2.36. The molecule has 0 aliphatic carbocycles. The minimum Gasteiger partial charge on any atom is -0.383 e. The number of hydrogen-bond donors (Lipinski definition) is 2. The van der Waals surface area contributed by atoms with Crippen molar-refractivity contribution >= 4 is 23.2 Å². The standard InChI is InChI=1S/C13H20Cl2N2O/c1-18-9-8-17-7-6-16-5-4-11-2-3-12(14)13(15)10-11/h2-3,10,16-17H,4-9H2,1H3. The summed E-state index contributed by atoms with van der Waals surface area (Å²) in [5.74, 6) is 0. The highest BCUT2D eigenvalue weighted by molar-refractivity contribution is 6.42. The highest BCUT2D eigenvalue weighted by Crippen LogP contribution is 2.22. The Morgan fingerprint density at radius 2 is 1.72 bits per heavy atom. The number of methoxy groups -OCH3 is 1. The van der Waals surface area contributed by atoms with Gasteiger partial charge in [-0.05, 0) is 30.7 Å². The van der Waals surface area contributed by atoms with Crippen LogP contribution in [-0.4, -0.2) is 39.9 Å². The largest absolute Gasteiger partial charge is 0.383 e. The maximum absolute atomic E-state index is 5.95. The van der Waals surface area contributed by atoms with E-state index in [0.29, 0.717) is 10.0 Å². The van der Waals surface area contributed by atoms with Gasteiger partial charge in [-0.1, -0.05) is 29.3 Å². The molecular weight excluding hydrogens is 271 g/mol. The fourth-order valence-electron chi connectivity index (χ4n) is 1.53. The molecule has 0 spiro atoms. The first-order valence-electron chi connectivity index (χ1n) is 6.08. The molecule has 0 aliphatic heterocycles. The molecule has 0 saturated heterocycles. The molecule has 0 bridgehead atoms. The fourth-order valence-corrected chi connectivity index (χ4v) is 1.85. The molecule has 0 aromatic heterocycles. The van der Waals surface area contributed by atoms with Crippen LogP contribution in [0.25, 0.3) is 0 Å². The predicted molar refractivity (Wildman–Crippen MR) is 77.8 cm³/mol. The van der Waals surface area contributed by atoms with Gasteiger partial charge in [-0.2, -0.15) is 0 Å². The number of halogens is 2. The summed E-state index contributed by atoms with van der Waals surface area (Å²) in [5.41, 5.74) is 1.20. The highest BCUT2D eigenvalue weighted by Gasteiger charge is 1.99. The molecule has 0 amide bonds. The van der Waals surface area contributed by atoms with Gasteiger partial charge in [0.05, 0.1) is 16.7 Å². The van der Waals surface area contributed by atoms with E-state index in [0.717, 1.165) is 39.2 Å². The smallest absolute Gasteiger partial charge is 0.0595 e. The van der Waals surface area contributed by atoms with Crippen molar-refractivity contribution in [3.05, 3.63) is 33.8 Å². The Balaban J connectivity index is 2.05. The molecule has 0 heterocycles. The topological polar surface area (TPSA) is 33.3 Å². The molecule has 0 saturated carbocycles. The normalized spacial score (nSPS) is 10.8. The Morgan fingerprint density at radius 3 is 2.39 bits per heavy atom. The Labute approximate surface area is 119 Å². The lowest BCUT2D eigenvalue weighted by atomic mass is 10.1. The summed E-state index contributed by atoms with van der Waals surface area (Å²) in [5, 5.41) is 7.87. The molecule has 5 heteroatoms. The van der Waals surface area contributed by atoms with Gasteiger partial charge in [0.2, 0.25) is 0 Å². The second kappa shape index (κ2) is 9.59. The first-order valence-corrected chi connectivity index (χ1v) is 6.84. The van der Waals surface area contributed by atoms with Gasteiger partial charge < -0.3 is 15.4 Å². The van der Waals surface area contributed by atoms with Crippen molar-refractivity contribution in [2.75, 3.05) is 39.9 Å². The van der Waals surface area contributed by atoms with Crippen molar-refractivity contribution in [2.45, 2.75) is 6.42 Å². The van der Waals surface area contributed by atoms with Crippen LogP contribution in [0.15, 0.2) is 18.2 Å². The van der Waals surface area contributed by atoms with Gasteiger partial charge in [0.15, 0.2) is 0 Å². The van der Waals surface area contributed by atoms with E-state index in [9.17, 15) is 0 Å². The monoisotopic (exact) mass is 290 g/mol. The summed E-state index contributed by atoms with van der Waals surface area (Å²) < 4.78 is 4.94. The van der Waals surface area contributed by atoms with Crippen LogP contribution in [0.4, 0.5) is 0 Å². The van der Waals surface area contributed by atoms with Crippen molar-refractivity contribution < 1.29 is 4.74 Å². The van der Waals surface area contributed by atoms with Crippen molar-refractivity contribution in [3.63, 3.8) is 0 Å². The third kappa shape index (κ3) is 6.57. The van der Waals surface area contributed by atoms with Gasteiger partial charge in [0.25, 0.3) is 0 Å². The Bertz CT molecular complexity index is 348. The van der Waals surface area contributed by atoms with Crippen molar-refractivity contribution in [2.24, 2.45) is 0 Å². The Kier molecular flexibility index (Phi) is 8.38. The van der Waals surface area contributed by atoms with Crippen LogP contribution in [0.2, 0.25) is 10.0 Å². The highest BCUT2D eigenvalue weighted by atomic mass is 35.5. The zero-order chi connectivity index (χ0) is 13.2. The minimum absolute atomic E-state index is 0.607. The number of benzene rings is 1. The minimum atomic E-state index is 0.607. The van der Waals surface area contributed by atoms with Crippen LogP contribution in [0.5, 0.6) is 0 Å². The molecule has 2 N–H and O–H groups in total. The second-order valence-corrected chi connectivity index (χ2v) is 4.81. The SMILES string of the molecule is COCCNCCNCCc1ccc(Cl)c(Cl)c1. The molecule has 0 atom stereocenters. The van der Waals surface area contributed by atoms with Gasteiger partial charge in [0, 0.05) is 26.7 Å². The summed E-state index contributed by atoms with van der Waals surface area (Å²) in [6, 6.07) is 5.76. The molecule has 102 valence electrons. The van der Waals surface area contributed by atoms with E-state index in [1.807, 2.05) is 18.2 Å². The third-order valence-corrected chi connectivity index (χ3v) is 3.28. The van der Waals surface area contributed by atoms with Crippen LogP contribution in [0.1, 0.15) is 5.56 Å². The van der Waals surface area contributed by atoms with E-state index < -0.39 is 0 Å². The Morgan fingerprint density at radius 1 is 1.00 bits per heavy atom. The van der Waals surface area contributed by atoms with E-state index in [4.69, 9.17) is 27.9 Å². The number of ether oxygens (including phenoxy) is 1. The fraction of sp³-hybridized carbons (Fsp3) is 0.538. The van der Waals surface area contributed by atoms with E-state index in [2.05, 4.69) is 10.6 Å². The summed E-state index contributed by atoms with van der Waals surface area (Å²) in [7, 11) is 1.71. The molecule has 1 rings (SSSR count). The lowest BCUT2D eigenvalue weighted by Crippen LogP contribution is -2.30. The lowest BCUT2D eigenvalue weighted by Gasteiger charge is -2.07. The van der Waals surface area contributed by atoms with Crippen LogP contribution in [-0.2, 0) is 11.2 Å². The summed E-state index contributed by atoms with van der Waals surface area (Å²) in [4.78, 5) is 0. The summed E-state index contributed by atoms with van der Waals surface area (Å²) >= 11 is 11.8. The van der Waals surface area contributed by atoms with Gasteiger partial charge in [0.1, 0.15) is 0 Å². The van der Waals surface area contributed by atoms with Crippen LogP contribution in [0, 0.1) is 0 Å². The quantitative estimate of drug-likeness (QED) is 0.685. The van der Waals surface area contributed by atoms with Crippen molar-refractivity contribution in [1.29, 1.82) is 0 Å². The van der Waals surface area contributed by atoms with Crippen LogP contribution in [0.3, 0.4) is 0 Å². The lowest BCUT2D eigenvalue weighted by molar-refractivity contribution is 0.199. The first-order chi connectivity index (χ1) is 8.74. The summed E-state index contributed by atoms with van der Waals surface area (Å²) in [6.45, 7) is 4.48. The average Bonchev–Trinajstić information content (AvgIpc) is 2.37. The van der Waals surface area contributed by atoms with E-state index in [-0.39, 0.29) is 0 Å². The molecule has 1 aromatic carbocycles. The average molecular weight is 291 g/mol. The maximum Gasteiger partial charge on any atom is 0.0595 e. The zero-order valence-corrected chi connectivity index (χ0v) is 12.2. The van der Waals surface area contributed by atoms with Gasteiger partial charge in [-0.15, -0.1) is 0 Å². The van der Waals surface area contributed by atoms with E-state index in [1.165, 1.54) is 5.56 Å². The maximum atomic E-state index is 5.95.